The van der Waals surface area contributed by atoms with Gasteiger partial charge in [-0.15, -0.1) is 0 Å². The molecule has 1 rings (SSSR count). The summed E-state index contributed by atoms with van der Waals surface area (Å²) in [5.74, 6) is 0.712. The minimum atomic E-state index is -3.11. The molecular weight excluding hydrogens is 304 g/mol. The lowest BCUT2D eigenvalue weighted by atomic mass is 10.3. The lowest BCUT2D eigenvalue weighted by molar-refractivity contribution is 0.339. The van der Waals surface area contributed by atoms with Crippen LogP contribution in [-0.4, -0.2) is 25.5 Å². The van der Waals surface area contributed by atoms with Gasteiger partial charge in [-0.2, -0.15) is 0 Å². The first kappa shape index (κ1) is 14.5. The predicted octanol–water partition coefficient (Wildman–Crippen LogP) is 3.04. The molecule has 3 nitrogen and oxygen atoms in total. The number of halogens is 1. The van der Waals surface area contributed by atoms with Crippen LogP contribution in [0.5, 0.6) is 5.75 Å². The molecule has 0 spiro atoms. The number of hydrogen-bond acceptors (Lipinski definition) is 3. The Bertz CT molecular complexity index is 458. The van der Waals surface area contributed by atoms with Crippen molar-refractivity contribution in [3.05, 3.63) is 28.7 Å². The molecule has 0 bridgehead atoms. The average Bonchev–Trinajstić information content (AvgIpc) is 2.19. The van der Waals surface area contributed by atoms with E-state index < -0.39 is 14.6 Å². The molecule has 0 heterocycles. The van der Waals surface area contributed by atoms with E-state index in [9.17, 15) is 8.42 Å². The molecule has 1 aromatic carbocycles. The fourth-order valence-corrected chi connectivity index (χ4v) is 2.29. The zero-order valence-electron chi connectivity index (χ0n) is 10.2. The molecule has 1 aromatic rings. The summed E-state index contributed by atoms with van der Waals surface area (Å²) in [7, 11) is -3.11. The monoisotopic (exact) mass is 320 g/mol. The van der Waals surface area contributed by atoms with Crippen molar-refractivity contribution in [2.45, 2.75) is 25.5 Å². The van der Waals surface area contributed by atoms with Gasteiger partial charge in [-0.1, -0.05) is 15.9 Å². The summed E-state index contributed by atoms with van der Waals surface area (Å²) >= 11 is 3.32. The summed E-state index contributed by atoms with van der Waals surface area (Å²) in [5, 5.41) is 0. The second kappa shape index (κ2) is 5.40. The minimum Gasteiger partial charge on any atom is -0.493 e. The second-order valence-electron chi connectivity index (χ2n) is 4.73. The van der Waals surface area contributed by atoms with Crippen LogP contribution in [0.15, 0.2) is 28.7 Å². The molecule has 0 amide bonds. The summed E-state index contributed by atoms with van der Waals surface area (Å²) in [4.78, 5) is 0. The average molecular weight is 321 g/mol. The topological polar surface area (TPSA) is 43.4 Å². The Labute approximate surface area is 111 Å². The van der Waals surface area contributed by atoms with E-state index in [0.717, 1.165) is 4.47 Å². The molecule has 17 heavy (non-hydrogen) atoms. The van der Waals surface area contributed by atoms with Gasteiger partial charge in [-0.25, -0.2) is 8.42 Å². The maximum Gasteiger partial charge on any atom is 0.158 e. The van der Waals surface area contributed by atoms with Gasteiger partial charge in [0.2, 0.25) is 0 Å². The molecule has 0 N–H and O–H groups in total. The van der Waals surface area contributed by atoms with Gasteiger partial charge in [0.15, 0.2) is 9.84 Å². The highest BCUT2D eigenvalue weighted by Crippen LogP contribution is 2.18. The van der Waals surface area contributed by atoms with Crippen molar-refractivity contribution >= 4 is 25.8 Å². The quantitative estimate of drug-likeness (QED) is 0.856. The van der Waals surface area contributed by atoms with E-state index >= 15 is 0 Å². The van der Waals surface area contributed by atoms with E-state index in [1.54, 1.807) is 32.9 Å². The molecule has 0 aliphatic rings. The van der Waals surface area contributed by atoms with Crippen molar-refractivity contribution in [1.29, 1.82) is 0 Å². The SMILES string of the molecule is CC(C)(C)S(=O)(=O)CCOc1ccc(Br)cc1. The maximum absolute atomic E-state index is 11.8. The Balaban J connectivity index is 2.52. The molecule has 0 fully saturated rings. The van der Waals surface area contributed by atoms with Crippen molar-refractivity contribution in [3.63, 3.8) is 0 Å². The van der Waals surface area contributed by atoms with E-state index in [1.807, 2.05) is 12.1 Å². The summed E-state index contributed by atoms with van der Waals surface area (Å²) in [6.45, 7) is 5.27. The first-order valence-electron chi connectivity index (χ1n) is 5.33. The molecular formula is C12H17BrO3S. The van der Waals surface area contributed by atoms with Crippen LogP contribution in [0.1, 0.15) is 20.8 Å². The van der Waals surface area contributed by atoms with Crippen LogP contribution in [0.25, 0.3) is 0 Å². The lowest BCUT2D eigenvalue weighted by Gasteiger charge is -2.19. The molecule has 0 aromatic heterocycles. The van der Waals surface area contributed by atoms with Gasteiger partial charge in [-0.3, -0.25) is 0 Å². The van der Waals surface area contributed by atoms with Gasteiger partial charge in [0, 0.05) is 4.47 Å². The van der Waals surface area contributed by atoms with Crippen LogP contribution in [0, 0.1) is 0 Å². The second-order valence-corrected chi connectivity index (χ2v) is 8.51. The third-order valence-corrected chi connectivity index (χ3v) is 5.47. The highest BCUT2D eigenvalue weighted by Gasteiger charge is 2.28. The first-order valence-corrected chi connectivity index (χ1v) is 7.77. The van der Waals surface area contributed by atoms with Crippen LogP contribution < -0.4 is 4.74 Å². The molecule has 0 aliphatic carbocycles. The predicted molar refractivity (Wildman–Crippen MR) is 73.2 cm³/mol. The van der Waals surface area contributed by atoms with Crippen molar-refractivity contribution in [3.8, 4) is 5.75 Å². The van der Waals surface area contributed by atoms with Crippen molar-refractivity contribution in [2.75, 3.05) is 12.4 Å². The number of sulfone groups is 1. The smallest absolute Gasteiger partial charge is 0.158 e. The standard InChI is InChI=1S/C12H17BrO3S/c1-12(2,3)17(14,15)9-8-16-11-6-4-10(13)5-7-11/h4-7H,8-9H2,1-3H3. The Morgan fingerprint density at radius 2 is 1.71 bits per heavy atom. The van der Waals surface area contributed by atoms with E-state index in [0.29, 0.717) is 5.75 Å². The fraction of sp³-hybridized carbons (Fsp3) is 0.500. The molecule has 0 radical (unpaired) electrons. The normalized spacial score (nSPS) is 12.5. The van der Waals surface area contributed by atoms with Crippen LogP contribution >= 0.6 is 15.9 Å². The van der Waals surface area contributed by atoms with Gasteiger partial charge in [0.05, 0.1) is 10.5 Å². The molecule has 0 saturated carbocycles. The number of benzene rings is 1. The van der Waals surface area contributed by atoms with Crippen LogP contribution in [0.2, 0.25) is 0 Å². The van der Waals surface area contributed by atoms with E-state index in [1.165, 1.54) is 0 Å². The van der Waals surface area contributed by atoms with Crippen molar-refractivity contribution in [1.82, 2.24) is 0 Å². The van der Waals surface area contributed by atoms with E-state index in [-0.39, 0.29) is 12.4 Å². The van der Waals surface area contributed by atoms with Crippen LogP contribution in [0.4, 0.5) is 0 Å². The molecule has 0 aliphatic heterocycles. The Morgan fingerprint density at radius 1 is 1.18 bits per heavy atom. The first-order chi connectivity index (χ1) is 7.72. The molecule has 0 saturated heterocycles. The largest absolute Gasteiger partial charge is 0.493 e. The molecule has 0 unspecified atom stereocenters. The van der Waals surface area contributed by atoms with Gasteiger partial charge >= 0.3 is 0 Å². The van der Waals surface area contributed by atoms with Gasteiger partial charge in [-0.05, 0) is 45.0 Å². The summed E-state index contributed by atoms with van der Waals surface area (Å²) < 4.78 is 29.2. The summed E-state index contributed by atoms with van der Waals surface area (Å²) in [5.41, 5.74) is 0. The van der Waals surface area contributed by atoms with Crippen molar-refractivity contribution in [2.24, 2.45) is 0 Å². The van der Waals surface area contributed by atoms with Gasteiger partial charge < -0.3 is 4.74 Å². The summed E-state index contributed by atoms with van der Waals surface area (Å²) in [6.07, 6.45) is 0. The van der Waals surface area contributed by atoms with E-state index in [4.69, 9.17) is 4.74 Å². The molecule has 5 heteroatoms. The third kappa shape index (κ3) is 4.32. The van der Waals surface area contributed by atoms with Crippen LogP contribution in [-0.2, 0) is 9.84 Å². The van der Waals surface area contributed by atoms with E-state index in [2.05, 4.69) is 15.9 Å². The van der Waals surface area contributed by atoms with Crippen molar-refractivity contribution < 1.29 is 13.2 Å². The summed E-state index contributed by atoms with van der Waals surface area (Å²) in [6, 6.07) is 7.31. The Hall–Kier alpha value is -0.550. The molecule has 96 valence electrons. The number of hydrogen-bond donors (Lipinski definition) is 0. The van der Waals surface area contributed by atoms with Crippen LogP contribution in [0.3, 0.4) is 0 Å². The zero-order chi connectivity index (χ0) is 13.1. The molecule has 0 atom stereocenters. The zero-order valence-corrected chi connectivity index (χ0v) is 12.6. The van der Waals surface area contributed by atoms with Gasteiger partial charge in [0.25, 0.3) is 0 Å². The van der Waals surface area contributed by atoms with Gasteiger partial charge in [0.1, 0.15) is 12.4 Å². The number of ether oxygens (including phenoxy) is 1. The fourth-order valence-electron chi connectivity index (χ4n) is 1.11. The third-order valence-electron chi connectivity index (χ3n) is 2.37. The highest BCUT2D eigenvalue weighted by atomic mass is 79.9. The Kier molecular flexibility index (Phi) is 4.61. The lowest BCUT2D eigenvalue weighted by Crippen LogP contribution is -2.32. The highest BCUT2D eigenvalue weighted by molar-refractivity contribution is 9.10. The Morgan fingerprint density at radius 3 is 2.18 bits per heavy atom. The number of rotatable bonds is 4. The minimum absolute atomic E-state index is 0.0343. The maximum atomic E-state index is 11.8.